The molecule has 1 aliphatic carbocycles. The number of nitrogens with zero attached hydrogens (tertiary/aromatic N) is 8. The minimum atomic E-state index is -4.73. The number of fused-ring (bicyclic) bond motifs is 1. The summed E-state index contributed by atoms with van der Waals surface area (Å²) in [5.41, 5.74) is -0.454. The fourth-order valence-corrected chi connectivity index (χ4v) is 9.86. The number of aromatic nitrogens is 4. The molecule has 1 aliphatic heterocycles. The minimum Gasteiger partial charge on any atom is -0.367 e. The molecule has 264 valence electrons. The van der Waals surface area contributed by atoms with Gasteiger partial charge in [-0.25, -0.2) is 16.8 Å². The van der Waals surface area contributed by atoms with Gasteiger partial charge in [-0.1, -0.05) is 31.0 Å². The molecule has 48 heavy (non-hydrogen) atoms. The molecule has 0 bridgehead atoms. The predicted octanol–water partition coefficient (Wildman–Crippen LogP) is 4.33. The van der Waals surface area contributed by atoms with Gasteiger partial charge in [-0.3, -0.25) is 4.68 Å². The van der Waals surface area contributed by atoms with E-state index in [1.165, 1.54) is 21.1 Å². The van der Waals surface area contributed by atoms with Crippen LogP contribution in [-0.4, -0.2) is 104 Å². The Morgan fingerprint density at radius 2 is 1.75 bits per heavy atom. The van der Waals surface area contributed by atoms with Crippen LogP contribution >= 0.6 is 11.3 Å². The molecular weight excluding hydrogens is 710 g/mol. The molecule has 2 aromatic heterocycles. The third kappa shape index (κ3) is 7.13. The number of nitriles is 1. The van der Waals surface area contributed by atoms with Crippen LogP contribution in [0, 0.1) is 11.3 Å². The SMILES string of the molecule is CC(C)S(=O)(=O)N1CCN(c2cc(S(=O)(=O)N(COCC[Si](C)(C)C)C3(C#N)CC3)cc3c(-c4nnc(C(F)(F)F)s4)nn(C)c23)CC1. The first kappa shape index (κ1) is 36.6. The van der Waals surface area contributed by atoms with Crippen molar-refractivity contribution in [1.29, 1.82) is 5.26 Å². The molecule has 1 saturated heterocycles. The van der Waals surface area contributed by atoms with Crippen molar-refractivity contribution >= 4 is 56.0 Å². The molecule has 0 amide bonds. The van der Waals surface area contributed by atoms with Crippen LogP contribution in [0.4, 0.5) is 18.9 Å². The summed E-state index contributed by atoms with van der Waals surface area (Å²) in [5.74, 6) is 0. The molecule has 1 saturated carbocycles. The largest absolute Gasteiger partial charge is 0.445 e. The van der Waals surface area contributed by atoms with E-state index in [2.05, 4.69) is 41.0 Å². The molecule has 0 spiro atoms. The Morgan fingerprint density at radius 3 is 2.27 bits per heavy atom. The van der Waals surface area contributed by atoms with E-state index in [0.717, 1.165) is 10.3 Å². The zero-order chi connectivity index (χ0) is 35.4. The third-order valence-corrected chi connectivity index (χ3v) is 15.3. The summed E-state index contributed by atoms with van der Waals surface area (Å²) in [6.45, 7) is 10.4. The fraction of sp³-hybridized carbons (Fsp3) is 0.643. The van der Waals surface area contributed by atoms with Crippen LogP contribution in [0.5, 0.6) is 0 Å². The standard InChI is InChI=1S/C28H39F3N8O5S3Si/c1-19(2)46(40,41)38-11-9-37(10-12-38)22-16-20(47(42,43)39(27(17-32)7-8-27)18-44-13-14-48(4,5)6)15-21-23(35-36(3)24(21)22)25-33-34-26(45-25)28(29,30)31/h15-16,19H,7-14,18H2,1-6H3. The number of anilines is 1. The highest BCUT2D eigenvalue weighted by atomic mass is 32.2. The maximum atomic E-state index is 14.5. The van der Waals surface area contributed by atoms with Gasteiger partial charge in [-0.2, -0.15) is 32.1 Å². The molecule has 3 aromatic rings. The first-order valence-electron chi connectivity index (χ1n) is 15.4. The molecule has 20 heteroatoms. The van der Waals surface area contributed by atoms with Crippen LogP contribution < -0.4 is 4.90 Å². The summed E-state index contributed by atoms with van der Waals surface area (Å²) < 4.78 is 105. The van der Waals surface area contributed by atoms with Gasteiger partial charge >= 0.3 is 6.18 Å². The Labute approximate surface area is 283 Å². The Morgan fingerprint density at radius 1 is 1.10 bits per heavy atom. The molecule has 3 heterocycles. The van der Waals surface area contributed by atoms with Crippen LogP contribution in [0.3, 0.4) is 0 Å². The lowest BCUT2D eigenvalue weighted by atomic mass is 10.1. The quantitative estimate of drug-likeness (QED) is 0.149. The number of benzene rings is 1. The molecule has 1 aromatic carbocycles. The zero-order valence-corrected chi connectivity index (χ0v) is 31.0. The van der Waals surface area contributed by atoms with Crippen molar-refractivity contribution < 1.29 is 34.7 Å². The fourth-order valence-electron chi connectivity index (χ4n) is 5.44. The van der Waals surface area contributed by atoms with Crippen molar-refractivity contribution in [2.75, 3.05) is 44.4 Å². The van der Waals surface area contributed by atoms with Gasteiger partial charge in [-0.15, -0.1) is 10.2 Å². The summed E-state index contributed by atoms with van der Waals surface area (Å²) in [7, 11) is -7.86. The van der Waals surface area contributed by atoms with E-state index in [-0.39, 0.29) is 53.9 Å². The minimum absolute atomic E-state index is 0.0131. The van der Waals surface area contributed by atoms with E-state index in [9.17, 15) is 35.3 Å². The van der Waals surface area contributed by atoms with Crippen LogP contribution in [0.2, 0.25) is 25.7 Å². The lowest BCUT2D eigenvalue weighted by Crippen LogP contribution is -2.50. The van der Waals surface area contributed by atoms with Gasteiger partial charge in [0.2, 0.25) is 25.1 Å². The van der Waals surface area contributed by atoms with Crippen LogP contribution in [0.15, 0.2) is 17.0 Å². The molecule has 5 rings (SSSR count). The van der Waals surface area contributed by atoms with E-state index in [4.69, 9.17) is 4.74 Å². The van der Waals surface area contributed by atoms with Gasteiger partial charge in [0, 0.05) is 53.3 Å². The Balaban J connectivity index is 1.62. The lowest BCUT2D eigenvalue weighted by molar-refractivity contribution is -0.138. The first-order chi connectivity index (χ1) is 22.2. The van der Waals surface area contributed by atoms with Gasteiger partial charge in [0.15, 0.2) is 5.01 Å². The van der Waals surface area contributed by atoms with Crippen molar-refractivity contribution in [2.24, 2.45) is 7.05 Å². The number of rotatable bonds is 12. The molecular formula is C28H39F3N8O5S3Si. The highest BCUT2D eigenvalue weighted by Gasteiger charge is 2.54. The van der Waals surface area contributed by atoms with Crippen molar-refractivity contribution in [2.45, 2.75) is 74.2 Å². The molecule has 2 fully saturated rings. The summed E-state index contributed by atoms with van der Waals surface area (Å²) in [5, 5.41) is 19.8. The van der Waals surface area contributed by atoms with Gasteiger partial charge in [0.1, 0.15) is 18.0 Å². The van der Waals surface area contributed by atoms with Gasteiger partial charge in [-0.05, 0) is 44.9 Å². The van der Waals surface area contributed by atoms with Crippen LogP contribution in [0.1, 0.15) is 31.7 Å². The van der Waals surface area contributed by atoms with E-state index < -0.39 is 50.1 Å². The van der Waals surface area contributed by atoms with Gasteiger partial charge < -0.3 is 9.64 Å². The molecule has 0 N–H and O–H groups in total. The lowest BCUT2D eigenvalue weighted by Gasteiger charge is -2.36. The number of hydrogen-bond donors (Lipinski definition) is 0. The zero-order valence-electron chi connectivity index (χ0n) is 27.6. The normalized spacial score (nSPS) is 17.8. The van der Waals surface area contributed by atoms with Crippen molar-refractivity contribution in [1.82, 2.24) is 28.6 Å². The Bertz CT molecular complexity index is 1940. The van der Waals surface area contributed by atoms with E-state index in [1.54, 1.807) is 20.9 Å². The number of piperazine rings is 1. The topological polar surface area (TPSA) is 155 Å². The number of alkyl halides is 3. The first-order valence-corrected chi connectivity index (χ1v) is 22.9. The molecule has 0 radical (unpaired) electrons. The highest BCUT2D eigenvalue weighted by Crippen LogP contribution is 2.46. The van der Waals surface area contributed by atoms with E-state index in [1.807, 2.05) is 4.90 Å². The second-order valence-corrected chi connectivity index (χ2v) is 24.5. The summed E-state index contributed by atoms with van der Waals surface area (Å²) in [6, 6.07) is 5.74. The van der Waals surface area contributed by atoms with Crippen molar-refractivity contribution in [3.05, 3.63) is 17.1 Å². The number of halogens is 3. The van der Waals surface area contributed by atoms with Crippen LogP contribution in [0.25, 0.3) is 21.6 Å². The van der Waals surface area contributed by atoms with Crippen molar-refractivity contribution in [3.63, 3.8) is 0 Å². The number of ether oxygens (including phenoxy) is 1. The van der Waals surface area contributed by atoms with E-state index >= 15 is 0 Å². The number of sulfonamides is 2. The Kier molecular flexibility index (Phi) is 9.83. The average Bonchev–Trinajstić information content (AvgIpc) is 3.47. The smallest absolute Gasteiger partial charge is 0.367 e. The average molecular weight is 749 g/mol. The maximum absolute atomic E-state index is 14.5. The van der Waals surface area contributed by atoms with E-state index in [0.29, 0.717) is 42.0 Å². The Hall–Kier alpha value is -2.67. The van der Waals surface area contributed by atoms with Gasteiger partial charge in [0.25, 0.3) is 0 Å². The highest BCUT2D eigenvalue weighted by molar-refractivity contribution is 7.89. The molecule has 0 unspecified atom stereocenters. The summed E-state index contributed by atoms with van der Waals surface area (Å²) in [6.07, 6.45) is -4.09. The van der Waals surface area contributed by atoms with Crippen molar-refractivity contribution in [3.8, 4) is 16.8 Å². The third-order valence-electron chi connectivity index (χ3n) is 8.50. The summed E-state index contributed by atoms with van der Waals surface area (Å²) in [4.78, 5) is 1.64. The van der Waals surface area contributed by atoms with Crippen LogP contribution in [-0.2, 0) is 38.0 Å². The second kappa shape index (κ2) is 12.9. The number of hydrogen-bond acceptors (Lipinski definition) is 11. The predicted molar refractivity (Wildman–Crippen MR) is 178 cm³/mol. The molecule has 2 aliphatic rings. The summed E-state index contributed by atoms with van der Waals surface area (Å²) >= 11 is 0.292. The second-order valence-electron chi connectivity index (χ2n) is 13.5. The maximum Gasteiger partial charge on any atom is 0.445 e. The molecule has 0 atom stereocenters. The van der Waals surface area contributed by atoms with Gasteiger partial charge in [0.05, 0.1) is 27.4 Å². The number of aryl methyl sites for hydroxylation is 1. The monoisotopic (exact) mass is 748 g/mol. The molecule has 13 nitrogen and oxygen atoms in total.